The maximum Gasteiger partial charge on any atom is 0.224 e. The fourth-order valence-corrected chi connectivity index (χ4v) is 2.34. The van der Waals surface area contributed by atoms with E-state index in [2.05, 4.69) is 17.6 Å². The summed E-state index contributed by atoms with van der Waals surface area (Å²) in [5, 5.41) is 6.42. The molecule has 0 aromatic heterocycles. The molecule has 2 unspecified atom stereocenters. The lowest BCUT2D eigenvalue weighted by Crippen LogP contribution is -2.30. The van der Waals surface area contributed by atoms with Crippen molar-refractivity contribution < 1.29 is 9.59 Å². The second-order valence-electron chi connectivity index (χ2n) is 5.44. The van der Waals surface area contributed by atoms with Gasteiger partial charge in [-0.2, -0.15) is 0 Å². The number of hydrogen-bond donors (Lipinski definition) is 2. The van der Waals surface area contributed by atoms with Gasteiger partial charge in [0.1, 0.15) is 0 Å². The molecular weight excluding hydrogens is 288 g/mol. The molecule has 114 valence electrons. The van der Waals surface area contributed by atoms with Crippen LogP contribution in [0.3, 0.4) is 0 Å². The van der Waals surface area contributed by atoms with Gasteiger partial charge < -0.3 is 10.6 Å². The van der Waals surface area contributed by atoms with Gasteiger partial charge in [0.25, 0.3) is 0 Å². The second-order valence-corrected chi connectivity index (χ2v) is 5.87. The molecule has 2 N–H and O–H groups in total. The van der Waals surface area contributed by atoms with Gasteiger partial charge >= 0.3 is 0 Å². The molecule has 0 bridgehead atoms. The number of hydrogen-bond acceptors (Lipinski definition) is 2. The predicted octanol–water partition coefficient (Wildman–Crippen LogP) is 2.51. The Bertz CT molecular complexity index is 502. The zero-order chi connectivity index (χ0) is 15.2. The Labute approximate surface area is 130 Å². The van der Waals surface area contributed by atoms with Gasteiger partial charge in [-0.15, -0.1) is 0 Å². The highest BCUT2D eigenvalue weighted by Gasteiger charge is 2.47. The van der Waals surface area contributed by atoms with E-state index < -0.39 is 0 Å². The van der Waals surface area contributed by atoms with Crippen molar-refractivity contribution in [3.8, 4) is 0 Å². The Morgan fingerprint density at radius 3 is 2.38 bits per heavy atom. The smallest absolute Gasteiger partial charge is 0.224 e. The van der Waals surface area contributed by atoms with Gasteiger partial charge in [-0.05, 0) is 30.5 Å². The monoisotopic (exact) mass is 308 g/mol. The third kappa shape index (κ3) is 4.74. The quantitative estimate of drug-likeness (QED) is 0.760. The maximum atomic E-state index is 12.0. The Morgan fingerprint density at radius 1 is 1.14 bits per heavy atom. The number of halogens is 1. The Morgan fingerprint density at radius 2 is 1.76 bits per heavy atom. The Hall–Kier alpha value is -1.55. The molecule has 2 atom stereocenters. The van der Waals surface area contributed by atoms with Crippen molar-refractivity contribution in [2.45, 2.75) is 32.7 Å². The number of unbranched alkanes of at least 4 members (excludes halogenated alkanes) is 1. The van der Waals surface area contributed by atoms with Crippen LogP contribution in [0.5, 0.6) is 0 Å². The number of nitrogens with one attached hydrogen (secondary N) is 2. The third-order valence-corrected chi connectivity index (χ3v) is 3.93. The van der Waals surface area contributed by atoms with E-state index in [1.807, 2.05) is 12.1 Å². The lowest BCUT2D eigenvalue weighted by molar-refractivity contribution is -0.127. The van der Waals surface area contributed by atoms with Crippen molar-refractivity contribution in [2.24, 2.45) is 11.8 Å². The van der Waals surface area contributed by atoms with Gasteiger partial charge in [0.15, 0.2) is 0 Å². The van der Waals surface area contributed by atoms with Crippen LogP contribution in [-0.4, -0.2) is 18.4 Å². The van der Waals surface area contributed by atoms with Crippen molar-refractivity contribution >= 4 is 23.4 Å². The van der Waals surface area contributed by atoms with E-state index >= 15 is 0 Å². The van der Waals surface area contributed by atoms with E-state index in [-0.39, 0.29) is 23.7 Å². The summed E-state index contributed by atoms with van der Waals surface area (Å²) in [5.41, 5.74) is 0.998. The number of benzene rings is 1. The van der Waals surface area contributed by atoms with Gasteiger partial charge in [-0.3, -0.25) is 9.59 Å². The highest BCUT2D eigenvalue weighted by molar-refractivity contribution is 6.30. The number of amides is 2. The first-order valence-corrected chi connectivity index (χ1v) is 7.79. The average molecular weight is 309 g/mol. The van der Waals surface area contributed by atoms with Crippen molar-refractivity contribution in [1.82, 2.24) is 10.6 Å². The van der Waals surface area contributed by atoms with Gasteiger partial charge in [0.2, 0.25) is 11.8 Å². The van der Waals surface area contributed by atoms with Crippen molar-refractivity contribution in [3.05, 3.63) is 34.9 Å². The molecule has 2 rings (SSSR count). The molecule has 1 aromatic rings. The molecule has 1 aliphatic rings. The number of rotatable bonds is 7. The van der Waals surface area contributed by atoms with Gasteiger partial charge in [0.05, 0.1) is 11.8 Å². The molecule has 1 fully saturated rings. The summed E-state index contributed by atoms with van der Waals surface area (Å²) in [6.45, 7) is 3.25. The SMILES string of the molecule is CCCCNC(=O)C1CC1C(=O)NCc1ccc(Cl)cc1. The lowest BCUT2D eigenvalue weighted by Gasteiger charge is -2.06. The maximum absolute atomic E-state index is 12.0. The summed E-state index contributed by atoms with van der Waals surface area (Å²) in [6, 6.07) is 7.35. The molecule has 1 aliphatic carbocycles. The van der Waals surface area contributed by atoms with E-state index in [0.29, 0.717) is 24.5 Å². The first-order valence-electron chi connectivity index (χ1n) is 7.41. The number of carbonyl (C=O) groups is 2. The Balaban J connectivity index is 1.70. The second kappa shape index (κ2) is 7.46. The highest BCUT2D eigenvalue weighted by atomic mass is 35.5. The normalized spacial score (nSPS) is 19.9. The number of carbonyl (C=O) groups excluding carboxylic acids is 2. The molecule has 0 heterocycles. The molecule has 4 nitrogen and oxygen atoms in total. The van der Waals surface area contributed by atoms with E-state index in [1.165, 1.54) is 0 Å². The van der Waals surface area contributed by atoms with Gasteiger partial charge in [-0.1, -0.05) is 37.1 Å². The van der Waals surface area contributed by atoms with Crippen molar-refractivity contribution in [3.63, 3.8) is 0 Å². The average Bonchev–Trinajstić information content (AvgIpc) is 3.27. The first-order chi connectivity index (χ1) is 10.1. The summed E-state index contributed by atoms with van der Waals surface area (Å²) in [7, 11) is 0. The molecule has 5 heteroatoms. The molecule has 0 radical (unpaired) electrons. The molecule has 0 saturated heterocycles. The van der Waals surface area contributed by atoms with Crippen LogP contribution < -0.4 is 10.6 Å². The van der Waals surface area contributed by atoms with E-state index in [9.17, 15) is 9.59 Å². The van der Waals surface area contributed by atoms with Crippen molar-refractivity contribution in [2.75, 3.05) is 6.54 Å². The van der Waals surface area contributed by atoms with Crippen molar-refractivity contribution in [1.29, 1.82) is 0 Å². The summed E-state index contributed by atoms with van der Waals surface area (Å²) >= 11 is 5.81. The van der Waals surface area contributed by atoms with Crippen LogP contribution in [0.15, 0.2) is 24.3 Å². The van der Waals surface area contributed by atoms with E-state index in [4.69, 9.17) is 11.6 Å². The summed E-state index contributed by atoms with van der Waals surface area (Å²) in [4.78, 5) is 23.8. The predicted molar refractivity (Wildman–Crippen MR) is 82.8 cm³/mol. The van der Waals surface area contributed by atoms with Crippen LogP contribution in [0.1, 0.15) is 31.7 Å². The first kappa shape index (κ1) is 15.8. The zero-order valence-electron chi connectivity index (χ0n) is 12.2. The molecular formula is C16H21ClN2O2. The zero-order valence-corrected chi connectivity index (χ0v) is 13.0. The van der Waals surface area contributed by atoms with Crippen LogP contribution >= 0.6 is 11.6 Å². The van der Waals surface area contributed by atoms with Gasteiger partial charge in [0, 0.05) is 18.1 Å². The minimum absolute atomic E-state index is 0.00935. The summed E-state index contributed by atoms with van der Waals surface area (Å²) in [6.07, 6.45) is 2.69. The topological polar surface area (TPSA) is 58.2 Å². The highest BCUT2D eigenvalue weighted by Crippen LogP contribution is 2.38. The molecule has 1 aromatic carbocycles. The van der Waals surface area contributed by atoms with Crippen LogP contribution in [0, 0.1) is 11.8 Å². The van der Waals surface area contributed by atoms with Crippen LogP contribution in [0.4, 0.5) is 0 Å². The molecule has 0 spiro atoms. The Kier molecular flexibility index (Phi) is 5.62. The molecule has 0 aliphatic heterocycles. The van der Waals surface area contributed by atoms with Gasteiger partial charge in [-0.25, -0.2) is 0 Å². The largest absolute Gasteiger partial charge is 0.356 e. The minimum atomic E-state index is -0.168. The molecule has 1 saturated carbocycles. The van der Waals surface area contributed by atoms with Crippen LogP contribution in [0.25, 0.3) is 0 Å². The summed E-state index contributed by atoms with van der Waals surface area (Å²) in [5.74, 6) is -0.346. The standard InChI is InChI=1S/C16H21ClN2O2/c1-2-3-8-18-15(20)13-9-14(13)16(21)19-10-11-4-6-12(17)7-5-11/h4-7,13-14H,2-3,8-10H2,1H3,(H,18,20)(H,19,21). The molecule has 2 amide bonds. The fourth-order valence-electron chi connectivity index (χ4n) is 2.22. The fraction of sp³-hybridized carbons (Fsp3) is 0.500. The lowest BCUT2D eigenvalue weighted by atomic mass is 10.2. The van der Waals surface area contributed by atoms with E-state index in [1.54, 1.807) is 12.1 Å². The third-order valence-electron chi connectivity index (χ3n) is 3.67. The summed E-state index contributed by atoms with van der Waals surface area (Å²) < 4.78 is 0. The molecule has 21 heavy (non-hydrogen) atoms. The van der Waals surface area contributed by atoms with Crippen LogP contribution in [0.2, 0.25) is 5.02 Å². The van der Waals surface area contributed by atoms with E-state index in [0.717, 1.165) is 18.4 Å². The van der Waals surface area contributed by atoms with Crippen LogP contribution in [-0.2, 0) is 16.1 Å². The minimum Gasteiger partial charge on any atom is -0.356 e.